The lowest BCUT2D eigenvalue weighted by molar-refractivity contribution is 0.0945. The van der Waals surface area contributed by atoms with E-state index in [2.05, 4.69) is 32.9 Å². The summed E-state index contributed by atoms with van der Waals surface area (Å²) in [7, 11) is 1.87. The van der Waals surface area contributed by atoms with Gasteiger partial charge in [-0.1, -0.05) is 6.92 Å². The molecule has 7 heteroatoms. The molecule has 0 aliphatic rings. The SMILES string of the molecule is CCCNc1ccc(C(=O)NCc2cnn(C)c2C)nn1. The normalized spacial score (nSPS) is 10.4. The van der Waals surface area contributed by atoms with E-state index in [1.165, 1.54) is 0 Å². The fourth-order valence-electron chi connectivity index (χ4n) is 1.78. The predicted octanol–water partition coefficient (Wildman–Crippen LogP) is 1.27. The van der Waals surface area contributed by atoms with E-state index in [9.17, 15) is 4.79 Å². The van der Waals surface area contributed by atoms with Crippen molar-refractivity contribution in [3.05, 3.63) is 35.3 Å². The van der Waals surface area contributed by atoms with Gasteiger partial charge < -0.3 is 10.6 Å². The molecule has 0 radical (unpaired) electrons. The molecule has 0 aromatic carbocycles. The highest BCUT2D eigenvalue weighted by molar-refractivity contribution is 5.92. The molecule has 0 bridgehead atoms. The van der Waals surface area contributed by atoms with E-state index < -0.39 is 0 Å². The second kappa shape index (κ2) is 6.83. The van der Waals surface area contributed by atoms with Gasteiger partial charge in [0.1, 0.15) is 5.82 Å². The summed E-state index contributed by atoms with van der Waals surface area (Å²) in [5.74, 6) is 0.435. The maximum Gasteiger partial charge on any atom is 0.272 e. The van der Waals surface area contributed by atoms with E-state index in [0.29, 0.717) is 18.1 Å². The molecule has 0 aliphatic carbocycles. The second-order valence-electron chi connectivity index (χ2n) is 4.79. The number of anilines is 1. The van der Waals surface area contributed by atoms with Gasteiger partial charge in [-0.05, 0) is 25.5 Å². The fraction of sp³-hybridized carbons (Fsp3) is 0.429. The molecule has 0 spiro atoms. The van der Waals surface area contributed by atoms with Crippen LogP contribution in [-0.2, 0) is 13.6 Å². The summed E-state index contributed by atoms with van der Waals surface area (Å²) in [5.41, 5.74) is 2.32. The molecule has 0 unspecified atom stereocenters. The summed E-state index contributed by atoms with van der Waals surface area (Å²) in [6.07, 6.45) is 2.76. The number of amides is 1. The molecule has 2 heterocycles. The summed E-state index contributed by atoms with van der Waals surface area (Å²) < 4.78 is 1.77. The summed E-state index contributed by atoms with van der Waals surface area (Å²) in [5, 5.41) is 18.0. The van der Waals surface area contributed by atoms with Crippen molar-refractivity contribution in [3.8, 4) is 0 Å². The zero-order valence-corrected chi connectivity index (χ0v) is 12.6. The molecular weight excluding hydrogens is 268 g/mol. The highest BCUT2D eigenvalue weighted by Gasteiger charge is 2.10. The quantitative estimate of drug-likeness (QED) is 0.836. The number of nitrogens with one attached hydrogen (secondary N) is 2. The number of nitrogens with zero attached hydrogens (tertiary/aromatic N) is 4. The van der Waals surface area contributed by atoms with Crippen molar-refractivity contribution < 1.29 is 4.79 Å². The molecular formula is C14H20N6O. The molecule has 0 fully saturated rings. The fourth-order valence-corrected chi connectivity index (χ4v) is 1.78. The molecule has 2 aromatic heterocycles. The monoisotopic (exact) mass is 288 g/mol. The third-order valence-corrected chi connectivity index (χ3v) is 3.23. The van der Waals surface area contributed by atoms with Gasteiger partial charge in [0, 0.05) is 31.4 Å². The average molecular weight is 288 g/mol. The third kappa shape index (κ3) is 3.77. The minimum absolute atomic E-state index is 0.243. The van der Waals surface area contributed by atoms with Gasteiger partial charge in [-0.15, -0.1) is 10.2 Å². The van der Waals surface area contributed by atoms with Crippen LogP contribution in [0.4, 0.5) is 5.82 Å². The Balaban J connectivity index is 1.92. The van der Waals surface area contributed by atoms with E-state index in [1.807, 2.05) is 14.0 Å². The molecule has 2 aromatic rings. The standard InChI is InChI=1S/C14H20N6O/c1-4-7-15-13-6-5-12(18-19-13)14(21)16-8-11-9-17-20(3)10(11)2/h5-6,9H,4,7-8H2,1-3H3,(H,15,19)(H,16,21). The molecule has 2 N–H and O–H groups in total. The molecule has 0 saturated heterocycles. The van der Waals surface area contributed by atoms with E-state index >= 15 is 0 Å². The predicted molar refractivity (Wildman–Crippen MR) is 79.9 cm³/mol. The molecule has 2 rings (SSSR count). The number of hydrogen-bond acceptors (Lipinski definition) is 5. The molecule has 112 valence electrons. The van der Waals surface area contributed by atoms with Gasteiger partial charge in [-0.2, -0.15) is 5.10 Å². The molecule has 1 amide bonds. The number of carbonyl (C=O) groups excluding carboxylic acids is 1. The van der Waals surface area contributed by atoms with Crippen LogP contribution in [0.2, 0.25) is 0 Å². The smallest absolute Gasteiger partial charge is 0.272 e. The van der Waals surface area contributed by atoms with Crippen LogP contribution in [0.15, 0.2) is 18.3 Å². The molecule has 0 atom stereocenters. The van der Waals surface area contributed by atoms with Gasteiger partial charge in [0.2, 0.25) is 0 Å². The van der Waals surface area contributed by atoms with E-state index in [1.54, 1.807) is 23.0 Å². The van der Waals surface area contributed by atoms with Crippen molar-refractivity contribution in [1.29, 1.82) is 0 Å². The van der Waals surface area contributed by atoms with E-state index in [0.717, 1.165) is 24.2 Å². The van der Waals surface area contributed by atoms with Crippen LogP contribution in [0.5, 0.6) is 0 Å². The summed E-state index contributed by atoms with van der Waals surface area (Å²) >= 11 is 0. The Morgan fingerprint density at radius 1 is 1.33 bits per heavy atom. The largest absolute Gasteiger partial charge is 0.369 e. The lowest BCUT2D eigenvalue weighted by Gasteiger charge is -2.05. The van der Waals surface area contributed by atoms with Crippen molar-refractivity contribution in [3.63, 3.8) is 0 Å². The van der Waals surface area contributed by atoms with Crippen LogP contribution in [0.3, 0.4) is 0 Å². The summed E-state index contributed by atoms with van der Waals surface area (Å²) in [4.78, 5) is 12.0. The van der Waals surface area contributed by atoms with Crippen molar-refractivity contribution in [1.82, 2.24) is 25.3 Å². The van der Waals surface area contributed by atoms with Crippen LogP contribution >= 0.6 is 0 Å². The van der Waals surface area contributed by atoms with Crippen LogP contribution in [-0.4, -0.2) is 32.4 Å². The summed E-state index contributed by atoms with van der Waals surface area (Å²) in [6, 6.07) is 3.42. The number of carbonyl (C=O) groups is 1. The van der Waals surface area contributed by atoms with E-state index in [4.69, 9.17) is 0 Å². The van der Waals surface area contributed by atoms with Gasteiger partial charge >= 0.3 is 0 Å². The number of hydrogen-bond donors (Lipinski definition) is 2. The van der Waals surface area contributed by atoms with Crippen molar-refractivity contribution in [2.75, 3.05) is 11.9 Å². The Morgan fingerprint density at radius 2 is 2.14 bits per heavy atom. The first-order valence-corrected chi connectivity index (χ1v) is 6.95. The van der Waals surface area contributed by atoms with Crippen LogP contribution in [0.25, 0.3) is 0 Å². The van der Waals surface area contributed by atoms with Gasteiger partial charge in [0.15, 0.2) is 5.69 Å². The van der Waals surface area contributed by atoms with Crippen molar-refractivity contribution >= 4 is 11.7 Å². The minimum Gasteiger partial charge on any atom is -0.369 e. The number of aromatic nitrogens is 4. The van der Waals surface area contributed by atoms with Crippen molar-refractivity contribution in [2.24, 2.45) is 7.05 Å². The Kier molecular flexibility index (Phi) is 4.86. The minimum atomic E-state index is -0.243. The first-order chi connectivity index (χ1) is 10.1. The first kappa shape index (κ1) is 15.0. The summed E-state index contributed by atoms with van der Waals surface area (Å²) in [6.45, 7) is 5.29. The van der Waals surface area contributed by atoms with Crippen LogP contribution in [0, 0.1) is 6.92 Å². The van der Waals surface area contributed by atoms with Crippen LogP contribution < -0.4 is 10.6 Å². The third-order valence-electron chi connectivity index (χ3n) is 3.23. The number of aryl methyl sites for hydroxylation is 1. The molecule has 21 heavy (non-hydrogen) atoms. The van der Waals surface area contributed by atoms with Gasteiger partial charge in [-0.25, -0.2) is 0 Å². The topological polar surface area (TPSA) is 84.7 Å². The Labute approximate surface area is 123 Å². The molecule has 0 aliphatic heterocycles. The highest BCUT2D eigenvalue weighted by Crippen LogP contribution is 2.06. The van der Waals surface area contributed by atoms with Gasteiger partial charge in [0.05, 0.1) is 6.20 Å². The maximum atomic E-state index is 12.0. The van der Waals surface area contributed by atoms with E-state index in [-0.39, 0.29) is 5.91 Å². The Hall–Kier alpha value is -2.44. The van der Waals surface area contributed by atoms with Crippen LogP contribution in [0.1, 0.15) is 35.1 Å². The van der Waals surface area contributed by atoms with Gasteiger partial charge in [0.25, 0.3) is 5.91 Å². The van der Waals surface area contributed by atoms with Crippen molar-refractivity contribution in [2.45, 2.75) is 26.8 Å². The van der Waals surface area contributed by atoms with Gasteiger partial charge in [-0.3, -0.25) is 9.48 Å². The second-order valence-corrected chi connectivity index (χ2v) is 4.79. The Morgan fingerprint density at radius 3 is 2.71 bits per heavy atom. The zero-order valence-electron chi connectivity index (χ0n) is 12.6. The lowest BCUT2D eigenvalue weighted by Crippen LogP contribution is -2.24. The molecule has 0 saturated carbocycles. The average Bonchev–Trinajstić information content (AvgIpc) is 2.83. The highest BCUT2D eigenvalue weighted by atomic mass is 16.1. The maximum absolute atomic E-state index is 12.0. The Bertz CT molecular complexity index is 604. The zero-order chi connectivity index (χ0) is 15.2. The first-order valence-electron chi connectivity index (χ1n) is 6.95. The number of rotatable bonds is 6. The molecule has 7 nitrogen and oxygen atoms in total. The lowest BCUT2D eigenvalue weighted by atomic mass is 10.2.